The van der Waals surface area contributed by atoms with E-state index in [1.54, 1.807) is 13.2 Å². The van der Waals surface area contributed by atoms with Crippen molar-refractivity contribution in [1.29, 1.82) is 0 Å². The molecule has 1 atom stereocenters. The molecule has 1 aromatic carbocycles. The van der Waals surface area contributed by atoms with Crippen molar-refractivity contribution in [3.8, 4) is 5.88 Å². The minimum atomic E-state index is -0.780. The van der Waals surface area contributed by atoms with Crippen LogP contribution < -0.4 is 15.0 Å². The summed E-state index contributed by atoms with van der Waals surface area (Å²) in [4.78, 5) is 14.1. The fourth-order valence-corrected chi connectivity index (χ4v) is 2.17. The molecule has 0 aliphatic carbocycles. The SMILES string of the molecule is COc1nn(C)cc1C(=O)NC[C@H](O)c1ccc(N(C)C)cc1. The molecule has 0 bridgehead atoms. The van der Waals surface area contributed by atoms with Gasteiger partial charge in [0.15, 0.2) is 0 Å². The summed E-state index contributed by atoms with van der Waals surface area (Å²) >= 11 is 0. The first-order valence-corrected chi connectivity index (χ1v) is 7.23. The number of nitrogens with one attached hydrogen (secondary N) is 1. The predicted octanol–water partition coefficient (Wildman–Crippen LogP) is 0.958. The highest BCUT2D eigenvalue weighted by atomic mass is 16.5. The molecule has 0 saturated carbocycles. The largest absolute Gasteiger partial charge is 0.479 e. The molecule has 1 aromatic heterocycles. The fraction of sp³-hybridized carbons (Fsp3) is 0.375. The third-order valence-corrected chi connectivity index (χ3v) is 3.48. The summed E-state index contributed by atoms with van der Waals surface area (Å²) < 4.78 is 6.56. The summed E-state index contributed by atoms with van der Waals surface area (Å²) in [7, 11) is 7.07. The number of rotatable bonds is 6. The van der Waals surface area contributed by atoms with E-state index in [0.29, 0.717) is 5.56 Å². The van der Waals surface area contributed by atoms with Gasteiger partial charge in [-0.2, -0.15) is 0 Å². The van der Waals surface area contributed by atoms with Crippen molar-refractivity contribution in [2.45, 2.75) is 6.10 Å². The quantitative estimate of drug-likeness (QED) is 0.829. The number of ether oxygens (including phenoxy) is 1. The Morgan fingerprint density at radius 2 is 2.04 bits per heavy atom. The second-order valence-corrected chi connectivity index (χ2v) is 5.44. The molecule has 124 valence electrons. The molecule has 7 heteroatoms. The van der Waals surface area contributed by atoms with E-state index in [2.05, 4.69) is 10.4 Å². The number of methoxy groups -OCH3 is 1. The van der Waals surface area contributed by atoms with Crippen LogP contribution in [0.3, 0.4) is 0 Å². The van der Waals surface area contributed by atoms with Gasteiger partial charge in [-0.25, -0.2) is 0 Å². The van der Waals surface area contributed by atoms with Gasteiger partial charge >= 0.3 is 0 Å². The normalized spacial score (nSPS) is 11.9. The molecule has 0 unspecified atom stereocenters. The number of hydrogen-bond donors (Lipinski definition) is 2. The van der Waals surface area contributed by atoms with Gasteiger partial charge in [0, 0.05) is 39.6 Å². The van der Waals surface area contributed by atoms with E-state index >= 15 is 0 Å². The number of amides is 1. The van der Waals surface area contributed by atoms with E-state index in [0.717, 1.165) is 11.3 Å². The molecule has 2 rings (SSSR count). The average Bonchev–Trinajstić information content (AvgIpc) is 2.93. The Labute approximate surface area is 135 Å². The molecule has 0 radical (unpaired) electrons. The van der Waals surface area contributed by atoms with Gasteiger partial charge in [0.05, 0.1) is 13.2 Å². The van der Waals surface area contributed by atoms with Crippen LogP contribution in [0, 0.1) is 0 Å². The molecule has 1 amide bonds. The fourth-order valence-electron chi connectivity index (χ4n) is 2.17. The van der Waals surface area contributed by atoms with Gasteiger partial charge < -0.3 is 20.1 Å². The summed E-state index contributed by atoms with van der Waals surface area (Å²) in [5, 5.41) is 16.9. The zero-order valence-corrected chi connectivity index (χ0v) is 13.8. The first-order valence-electron chi connectivity index (χ1n) is 7.23. The molecule has 7 nitrogen and oxygen atoms in total. The molecule has 0 aliphatic rings. The van der Waals surface area contributed by atoms with Gasteiger partial charge in [-0.15, -0.1) is 5.10 Å². The smallest absolute Gasteiger partial charge is 0.258 e. The van der Waals surface area contributed by atoms with Crippen molar-refractivity contribution in [3.05, 3.63) is 41.6 Å². The van der Waals surface area contributed by atoms with Crippen molar-refractivity contribution in [3.63, 3.8) is 0 Å². The monoisotopic (exact) mass is 318 g/mol. The minimum absolute atomic E-state index is 0.109. The third kappa shape index (κ3) is 4.01. The number of aryl methyl sites for hydroxylation is 1. The molecule has 0 fully saturated rings. The highest BCUT2D eigenvalue weighted by Gasteiger charge is 2.17. The van der Waals surface area contributed by atoms with Gasteiger partial charge in [-0.05, 0) is 17.7 Å². The van der Waals surface area contributed by atoms with Crippen LogP contribution >= 0.6 is 0 Å². The first-order chi connectivity index (χ1) is 10.9. The number of anilines is 1. The number of carbonyl (C=O) groups excluding carboxylic acids is 1. The lowest BCUT2D eigenvalue weighted by Gasteiger charge is -2.15. The van der Waals surface area contributed by atoms with Crippen LogP contribution in [-0.2, 0) is 7.05 Å². The van der Waals surface area contributed by atoms with Gasteiger partial charge in [-0.1, -0.05) is 12.1 Å². The van der Waals surface area contributed by atoms with Crippen molar-refractivity contribution >= 4 is 11.6 Å². The summed E-state index contributed by atoms with van der Waals surface area (Å²) in [6.07, 6.45) is 0.796. The number of carbonyl (C=O) groups is 1. The van der Waals surface area contributed by atoms with Crippen LogP contribution in [-0.4, -0.2) is 48.5 Å². The number of hydrogen-bond acceptors (Lipinski definition) is 5. The zero-order valence-electron chi connectivity index (χ0n) is 13.8. The lowest BCUT2D eigenvalue weighted by atomic mass is 10.1. The number of benzene rings is 1. The molecule has 1 heterocycles. The van der Waals surface area contributed by atoms with Crippen molar-refractivity contribution in [1.82, 2.24) is 15.1 Å². The van der Waals surface area contributed by atoms with Crippen LogP contribution in [0.1, 0.15) is 22.0 Å². The average molecular weight is 318 g/mol. The highest BCUT2D eigenvalue weighted by Crippen LogP contribution is 2.18. The number of nitrogens with zero attached hydrogens (tertiary/aromatic N) is 3. The minimum Gasteiger partial charge on any atom is -0.479 e. The van der Waals surface area contributed by atoms with Gasteiger partial charge in [-0.3, -0.25) is 9.48 Å². The molecule has 0 saturated heterocycles. The van der Waals surface area contributed by atoms with Gasteiger partial charge in [0.1, 0.15) is 5.56 Å². The first kappa shape index (κ1) is 16.8. The number of aliphatic hydroxyl groups is 1. The van der Waals surface area contributed by atoms with Crippen LogP contribution in [0.25, 0.3) is 0 Å². The summed E-state index contributed by atoms with van der Waals surface area (Å²) in [5.41, 5.74) is 2.13. The van der Waals surface area contributed by atoms with E-state index < -0.39 is 6.10 Å². The molecule has 0 aliphatic heterocycles. The van der Waals surface area contributed by atoms with Crippen LogP contribution in [0.15, 0.2) is 30.5 Å². The summed E-state index contributed by atoms with van der Waals surface area (Å²) in [6, 6.07) is 7.53. The zero-order chi connectivity index (χ0) is 17.0. The summed E-state index contributed by atoms with van der Waals surface area (Å²) in [5.74, 6) is -0.0752. The molecule has 23 heavy (non-hydrogen) atoms. The molecule has 0 spiro atoms. The molecule has 2 N–H and O–H groups in total. The standard InChI is InChI=1S/C16H22N4O3/c1-19(2)12-7-5-11(6-8-12)14(21)9-17-15(22)13-10-20(3)18-16(13)23-4/h5-8,10,14,21H,9H2,1-4H3,(H,17,22)/t14-/m0/s1. The Kier molecular flexibility index (Phi) is 5.23. The van der Waals surface area contributed by atoms with Gasteiger partial charge in [0.2, 0.25) is 5.88 Å². The Balaban J connectivity index is 1.98. The van der Waals surface area contributed by atoms with Crippen molar-refractivity contribution in [2.75, 3.05) is 32.6 Å². The van der Waals surface area contributed by atoms with E-state index in [4.69, 9.17) is 4.74 Å². The highest BCUT2D eigenvalue weighted by molar-refractivity contribution is 5.96. The van der Waals surface area contributed by atoms with E-state index in [1.165, 1.54) is 11.8 Å². The van der Waals surface area contributed by atoms with Crippen LogP contribution in [0.2, 0.25) is 0 Å². The maximum absolute atomic E-state index is 12.2. The lowest BCUT2D eigenvalue weighted by Crippen LogP contribution is -2.28. The van der Waals surface area contributed by atoms with E-state index in [9.17, 15) is 9.90 Å². The number of aromatic nitrogens is 2. The lowest BCUT2D eigenvalue weighted by molar-refractivity contribution is 0.0913. The maximum atomic E-state index is 12.2. The second kappa shape index (κ2) is 7.15. The number of aliphatic hydroxyl groups excluding tert-OH is 1. The Hall–Kier alpha value is -2.54. The third-order valence-electron chi connectivity index (χ3n) is 3.48. The topological polar surface area (TPSA) is 79.6 Å². The Morgan fingerprint density at radius 1 is 1.39 bits per heavy atom. The predicted molar refractivity (Wildman–Crippen MR) is 87.8 cm³/mol. The summed E-state index contributed by atoms with van der Waals surface area (Å²) in [6.45, 7) is 0.109. The Morgan fingerprint density at radius 3 is 2.61 bits per heavy atom. The molecular formula is C16H22N4O3. The maximum Gasteiger partial charge on any atom is 0.258 e. The van der Waals surface area contributed by atoms with Crippen molar-refractivity contribution < 1.29 is 14.6 Å². The van der Waals surface area contributed by atoms with E-state index in [-0.39, 0.29) is 18.3 Å². The Bertz CT molecular complexity index is 664. The van der Waals surface area contributed by atoms with Crippen LogP contribution in [0.5, 0.6) is 5.88 Å². The van der Waals surface area contributed by atoms with Crippen molar-refractivity contribution in [2.24, 2.45) is 7.05 Å². The van der Waals surface area contributed by atoms with Crippen LogP contribution in [0.4, 0.5) is 5.69 Å². The molecular weight excluding hydrogens is 296 g/mol. The molecule has 2 aromatic rings. The second-order valence-electron chi connectivity index (χ2n) is 5.44. The van der Waals surface area contributed by atoms with E-state index in [1.807, 2.05) is 43.3 Å². The van der Waals surface area contributed by atoms with Gasteiger partial charge in [0.25, 0.3) is 5.91 Å².